The first-order valence-corrected chi connectivity index (χ1v) is 11.1. The van der Waals surface area contributed by atoms with Crippen LogP contribution in [0.2, 0.25) is 0 Å². The lowest BCUT2D eigenvalue weighted by atomic mass is 9.99. The average Bonchev–Trinajstić information content (AvgIpc) is 3.21. The van der Waals surface area contributed by atoms with E-state index in [1.165, 1.54) is 28.5 Å². The van der Waals surface area contributed by atoms with E-state index in [2.05, 4.69) is 20.1 Å². The first-order valence-electron chi connectivity index (χ1n) is 11.1. The number of nitrogens with one attached hydrogen (secondary N) is 1. The van der Waals surface area contributed by atoms with Crippen molar-refractivity contribution >= 4 is 11.6 Å². The molecule has 0 unspecified atom stereocenters. The quantitative estimate of drug-likeness (QED) is 0.311. The number of aliphatic hydroxyl groups is 1. The van der Waals surface area contributed by atoms with E-state index >= 15 is 0 Å². The zero-order valence-electron chi connectivity index (χ0n) is 19.6. The third-order valence-electron chi connectivity index (χ3n) is 5.76. The number of aliphatic hydroxyl groups excluding tert-OH is 1. The number of fused-ring (bicyclic) bond motifs is 1. The monoisotopic (exact) mass is 488 g/mol. The third-order valence-corrected chi connectivity index (χ3v) is 5.76. The van der Waals surface area contributed by atoms with E-state index in [0.717, 1.165) is 5.56 Å². The van der Waals surface area contributed by atoms with E-state index < -0.39 is 11.5 Å². The van der Waals surface area contributed by atoms with Gasteiger partial charge in [-0.05, 0) is 24.6 Å². The summed E-state index contributed by atoms with van der Waals surface area (Å²) in [6, 6.07) is 14.2. The zero-order valence-corrected chi connectivity index (χ0v) is 19.6. The van der Waals surface area contributed by atoms with Gasteiger partial charge in [0.2, 0.25) is 5.65 Å². The molecule has 0 aliphatic rings. The number of nitrogens with two attached hydrogens (primary N) is 1. The summed E-state index contributed by atoms with van der Waals surface area (Å²) in [4.78, 5) is 26.4. The molecule has 0 bridgehead atoms. The highest BCUT2D eigenvalue weighted by molar-refractivity contribution is 5.88. The van der Waals surface area contributed by atoms with E-state index in [9.17, 15) is 14.3 Å². The molecule has 5 rings (SSSR count). The third kappa shape index (κ3) is 4.05. The fourth-order valence-corrected chi connectivity index (χ4v) is 4.13. The minimum Gasteiger partial charge on any atom is -0.495 e. The maximum atomic E-state index is 14.6. The van der Waals surface area contributed by atoms with Gasteiger partial charge >= 0.3 is 11.6 Å². The van der Waals surface area contributed by atoms with Gasteiger partial charge in [-0.3, -0.25) is 9.97 Å². The van der Waals surface area contributed by atoms with Crippen LogP contribution in [0.5, 0.6) is 5.75 Å². The molecular weight excluding hydrogens is 465 g/mol. The molecule has 36 heavy (non-hydrogen) atoms. The van der Waals surface area contributed by atoms with Crippen LogP contribution in [0.25, 0.3) is 28.0 Å². The van der Waals surface area contributed by atoms with Crippen molar-refractivity contribution in [3.05, 3.63) is 88.1 Å². The number of H-pyrrole nitrogens is 1. The van der Waals surface area contributed by atoms with Gasteiger partial charge in [0, 0.05) is 17.3 Å². The molecule has 0 atom stereocenters. The van der Waals surface area contributed by atoms with E-state index in [1.807, 2.05) is 43.3 Å². The molecule has 11 heteroatoms. The lowest BCUT2D eigenvalue weighted by Gasteiger charge is -2.10. The van der Waals surface area contributed by atoms with Gasteiger partial charge in [-0.2, -0.15) is 4.68 Å². The van der Waals surface area contributed by atoms with Gasteiger partial charge in [-0.15, -0.1) is 9.38 Å². The van der Waals surface area contributed by atoms with Crippen molar-refractivity contribution in [2.45, 2.75) is 20.1 Å². The van der Waals surface area contributed by atoms with Crippen LogP contribution in [0.1, 0.15) is 17.1 Å². The molecule has 0 amide bonds. The number of nitrogens with zero attached hydrogens (tertiary/aromatic N) is 5. The summed E-state index contributed by atoms with van der Waals surface area (Å²) >= 11 is 0. The second-order valence-corrected chi connectivity index (χ2v) is 8.17. The molecule has 0 saturated heterocycles. The lowest BCUT2D eigenvalue weighted by Crippen LogP contribution is -2.44. The molecule has 182 valence electrons. The summed E-state index contributed by atoms with van der Waals surface area (Å²) in [6.07, 6.45) is 1.38. The zero-order chi connectivity index (χ0) is 25.4. The second kappa shape index (κ2) is 9.19. The molecule has 4 aromatic heterocycles. The van der Waals surface area contributed by atoms with E-state index in [0.29, 0.717) is 33.9 Å². The maximum Gasteiger partial charge on any atom is 0.428 e. The molecule has 5 aromatic rings. The minimum absolute atomic E-state index is 0.0380. The number of aromatic amines is 1. The van der Waals surface area contributed by atoms with Gasteiger partial charge in [0.1, 0.15) is 23.7 Å². The summed E-state index contributed by atoms with van der Waals surface area (Å²) in [6.45, 7) is 1.38. The van der Waals surface area contributed by atoms with Crippen molar-refractivity contribution in [3.8, 4) is 28.1 Å². The number of aromatic nitrogens is 6. The molecule has 4 N–H and O–H groups in total. The van der Waals surface area contributed by atoms with Crippen molar-refractivity contribution in [3.63, 3.8) is 0 Å². The van der Waals surface area contributed by atoms with Crippen LogP contribution in [-0.2, 0) is 13.2 Å². The molecule has 4 heterocycles. The molecule has 0 aliphatic carbocycles. The van der Waals surface area contributed by atoms with Gasteiger partial charge < -0.3 is 15.6 Å². The molecule has 1 aromatic carbocycles. The highest BCUT2D eigenvalue weighted by atomic mass is 19.1. The summed E-state index contributed by atoms with van der Waals surface area (Å²) < 4.78 is 22.1. The standard InChI is InChI=1S/C25H22FN7O3/c1-14-8-16(9-17(13-34)29-14)21-22(15-6-4-3-5-7-15)30-24(27)33-23(21)31-32(25(33)35)12-20-19(26)10-18(36-2)11-28-20/h3-11,34H,12-13H2,1-2H3,(H2,27,29,30,31)/p+1. The van der Waals surface area contributed by atoms with E-state index in [4.69, 9.17) is 10.5 Å². The Labute approximate surface area is 204 Å². The lowest BCUT2D eigenvalue weighted by molar-refractivity contribution is -0.516. The Bertz CT molecular complexity index is 1650. The van der Waals surface area contributed by atoms with Crippen LogP contribution in [-0.4, -0.2) is 36.9 Å². The Balaban J connectivity index is 1.78. The number of nitrogen functional groups attached to an aromatic ring is 1. The molecule has 0 saturated carbocycles. The normalized spacial score (nSPS) is 11.2. The van der Waals surface area contributed by atoms with Crippen LogP contribution >= 0.6 is 0 Å². The van der Waals surface area contributed by atoms with Crippen LogP contribution in [0, 0.1) is 12.7 Å². The van der Waals surface area contributed by atoms with Gasteiger partial charge in [0.25, 0.3) is 0 Å². The smallest absolute Gasteiger partial charge is 0.428 e. The number of rotatable bonds is 6. The summed E-state index contributed by atoms with van der Waals surface area (Å²) in [5.41, 5.74) is 9.83. The van der Waals surface area contributed by atoms with E-state index in [1.54, 1.807) is 6.07 Å². The number of anilines is 1. The first kappa shape index (κ1) is 23.1. The summed E-state index contributed by atoms with van der Waals surface area (Å²) in [5.74, 6) is -0.381. The fourth-order valence-electron chi connectivity index (χ4n) is 4.13. The summed E-state index contributed by atoms with van der Waals surface area (Å²) in [5, 5.41) is 12.8. The number of ether oxygens (including phenoxy) is 1. The number of halogens is 1. The minimum atomic E-state index is -0.612. The summed E-state index contributed by atoms with van der Waals surface area (Å²) in [7, 11) is 1.42. The molecule has 10 nitrogen and oxygen atoms in total. The Morgan fingerprint density at radius 3 is 2.64 bits per heavy atom. The topological polar surface area (TPSA) is 136 Å². The van der Waals surface area contributed by atoms with Crippen molar-refractivity contribution in [2.24, 2.45) is 0 Å². The van der Waals surface area contributed by atoms with Crippen LogP contribution in [0.3, 0.4) is 0 Å². The van der Waals surface area contributed by atoms with Gasteiger partial charge in [-0.25, -0.2) is 14.3 Å². The molecule has 0 fully saturated rings. The predicted molar refractivity (Wildman–Crippen MR) is 130 cm³/mol. The van der Waals surface area contributed by atoms with Crippen molar-refractivity contribution < 1.29 is 18.6 Å². The molecular formula is C25H23FN7O3+. The first-order chi connectivity index (χ1) is 17.4. The Morgan fingerprint density at radius 1 is 1.17 bits per heavy atom. The molecule has 0 aliphatic heterocycles. The highest BCUT2D eigenvalue weighted by Gasteiger charge is 2.26. The number of hydrogen-bond donors (Lipinski definition) is 3. The van der Waals surface area contributed by atoms with Crippen LogP contribution in [0.15, 0.2) is 59.5 Å². The van der Waals surface area contributed by atoms with Crippen LogP contribution < -0.4 is 20.6 Å². The van der Waals surface area contributed by atoms with E-state index in [-0.39, 0.29) is 30.5 Å². The largest absolute Gasteiger partial charge is 0.495 e. The SMILES string of the molecule is COc1cnc(Cn2[nH]c3c(-c4cc(C)nc(CO)c4)c(-c4ccccc4)nc(N)[n+]3c2=O)c(F)c1. The van der Waals surface area contributed by atoms with Crippen LogP contribution in [0.4, 0.5) is 10.3 Å². The molecule has 0 spiro atoms. The van der Waals surface area contributed by atoms with Gasteiger partial charge in [0.05, 0.1) is 31.2 Å². The second-order valence-electron chi connectivity index (χ2n) is 8.17. The van der Waals surface area contributed by atoms with Crippen molar-refractivity contribution in [1.82, 2.24) is 24.7 Å². The Kier molecular flexibility index (Phi) is 5.90. The highest BCUT2D eigenvalue weighted by Crippen LogP contribution is 2.33. The van der Waals surface area contributed by atoms with Gasteiger partial charge in [0.15, 0.2) is 5.82 Å². The number of pyridine rings is 2. The Morgan fingerprint density at radius 2 is 1.94 bits per heavy atom. The Hall–Kier alpha value is -4.64. The van der Waals surface area contributed by atoms with Crippen molar-refractivity contribution in [2.75, 3.05) is 12.8 Å². The number of benzene rings is 1. The number of aryl methyl sites for hydroxylation is 1. The van der Waals surface area contributed by atoms with Crippen molar-refractivity contribution in [1.29, 1.82) is 0 Å². The number of hydrogen-bond acceptors (Lipinski definition) is 7. The predicted octanol–water partition coefficient (Wildman–Crippen LogP) is 2.01. The van der Waals surface area contributed by atoms with Gasteiger partial charge in [-0.1, -0.05) is 30.3 Å². The fraction of sp³-hybridized carbons (Fsp3) is 0.160. The maximum absolute atomic E-state index is 14.6. The molecule has 0 radical (unpaired) electrons. The average molecular weight is 489 g/mol. The number of methoxy groups -OCH3 is 1.